The first-order chi connectivity index (χ1) is 9.03. The molecule has 0 saturated carbocycles. The van der Waals surface area contributed by atoms with Crippen molar-refractivity contribution in [1.82, 2.24) is 9.84 Å². The minimum atomic E-state index is -3.60. The highest BCUT2D eigenvalue weighted by Crippen LogP contribution is 2.16. The summed E-state index contributed by atoms with van der Waals surface area (Å²) in [5.41, 5.74) is 1.48. The van der Waals surface area contributed by atoms with Crippen molar-refractivity contribution in [2.75, 3.05) is 26.3 Å². The Balaban J connectivity index is 2.18. The number of sulfonamides is 1. The molecule has 106 valence electrons. The van der Waals surface area contributed by atoms with Gasteiger partial charge in [-0.15, -0.1) is 4.83 Å². The van der Waals surface area contributed by atoms with Crippen LogP contribution < -0.4 is 4.83 Å². The highest BCUT2D eigenvalue weighted by molar-refractivity contribution is 7.89. The molecule has 1 heterocycles. The Hall–Kier alpha value is -0.990. The Morgan fingerprint density at radius 1 is 1.37 bits per heavy atom. The molecule has 1 aliphatic rings. The minimum Gasteiger partial charge on any atom is -0.392 e. The highest BCUT2D eigenvalue weighted by Gasteiger charge is 2.20. The molecule has 0 bridgehead atoms. The van der Waals surface area contributed by atoms with Gasteiger partial charge in [-0.1, -0.05) is 6.07 Å². The predicted molar refractivity (Wildman–Crippen MR) is 69.8 cm³/mol. The van der Waals surface area contributed by atoms with Crippen molar-refractivity contribution < 1.29 is 18.3 Å². The number of hydrazine groups is 1. The van der Waals surface area contributed by atoms with E-state index in [1.54, 1.807) is 11.1 Å². The van der Waals surface area contributed by atoms with Crippen molar-refractivity contribution in [2.45, 2.75) is 18.4 Å². The monoisotopic (exact) mass is 286 g/mol. The van der Waals surface area contributed by atoms with Crippen LogP contribution >= 0.6 is 0 Å². The third-order valence-corrected chi connectivity index (χ3v) is 4.43. The van der Waals surface area contributed by atoms with Crippen LogP contribution in [0, 0.1) is 6.92 Å². The van der Waals surface area contributed by atoms with Crippen molar-refractivity contribution in [3.8, 4) is 0 Å². The third kappa shape index (κ3) is 3.52. The molecule has 2 N–H and O–H groups in total. The molecule has 0 unspecified atom stereocenters. The second-order valence-corrected chi connectivity index (χ2v) is 6.10. The molecule has 1 aromatic carbocycles. The van der Waals surface area contributed by atoms with Crippen LogP contribution in [-0.2, 0) is 21.4 Å². The van der Waals surface area contributed by atoms with Crippen molar-refractivity contribution >= 4 is 10.0 Å². The van der Waals surface area contributed by atoms with E-state index in [2.05, 4.69) is 4.83 Å². The lowest BCUT2D eigenvalue weighted by atomic mass is 10.1. The van der Waals surface area contributed by atoms with E-state index in [1.165, 1.54) is 12.1 Å². The Morgan fingerprint density at radius 2 is 2.05 bits per heavy atom. The van der Waals surface area contributed by atoms with E-state index in [0.717, 1.165) is 5.56 Å². The maximum absolute atomic E-state index is 12.2. The van der Waals surface area contributed by atoms with Crippen LogP contribution in [0.15, 0.2) is 23.1 Å². The normalized spacial score (nSPS) is 17.6. The van der Waals surface area contributed by atoms with Gasteiger partial charge >= 0.3 is 0 Å². The lowest BCUT2D eigenvalue weighted by Crippen LogP contribution is -2.48. The maximum Gasteiger partial charge on any atom is 0.253 e. The zero-order valence-corrected chi connectivity index (χ0v) is 11.6. The molecule has 19 heavy (non-hydrogen) atoms. The lowest BCUT2D eigenvalue weighted by Gasteiger charge is -2.26. The number of rotatable bonds is 4. The van der Waals surface area contributed by atoms with Crippen LogP contribution in [0.25, 0.3) is 0 Å². The van der Waals surface area contributed by atoms with Crippen molar-refractivity contribution in [3.63, 3.8) is 0 Å². The Morgan fingerprint density at radius 3 is 2.68 bits per heavy atom. The summed E-state index contributed by atoms with van der Waals surface area (Å²) in [6.45, 7) is 3.73. The highest BCUT2D eigenvalue weighted by atomic mass is 32.2. The van der Waals surface area contributed by atoms with Gasteiger partial charge in [-0.05, 0) is 30.2 Å². The number of aliphatic hydroxyl groups is 1. The average molecular weight is 286 g/mol. The number of hydrogen-bond acceptors (Lipinski definition) is 5. The Bertz CT molecular complexity index is 539. The number of benzene rings is 1. The molecule has 0 amide bonds. The third-order valence-electron chi connectivity index (χ3n) is 3.06. The lowest BCUT2D eigenvalue weighted by molar-refractivity contribution is 0.0272. The van der Waals surface area contributed by atoms with Gasteiger partial charge in [0.25, 0.3) is 10.0 Å². The molecule has 2 rings (SSSR count). The van der Waals surface area contributed by atoms with Gasteiger partial charge in [0.05, 0.1) is 24.7 Å². The van der Waals surface area contributed by atoms with Gasteiger partial charge < -0.3 is 9.84 Å². The molecule has 0 aliphatic carbocycles. The van der Waals surface area contributed by atoms with Gasteiger partial charge in [0.2, 0.25) is 0 Å². The van der Waals surface area contributed by atoms with Crippen LogP contribution in [0.1, 0.15) is 11.1 Å². The van der Waals surface area contributed by atoms with Crippen molar-refractivity contribution in [1.29, 1.82) is 0 Å². The van der Waals surface area contributed by atoms with Crippen LogP contribution in [0.5, 0.6) is 0 Å². The zero-order chi connectivity index (χ0) is 13.9. The number of hydrogen-bond donors (Lipinski definition) is 2. The molecule has 0 atom stereocenters. The van der Waals surface area contributed by atoms with Crippen molar-refractivity contribution in [3.05, 3.63) is 29.3 Å². The number of nitrogens with zero attached hydrogens (tertiary/aromatic N) is 1. The Kier molecular flexibility index (Phi) is 4.54. The summed E-state index contributed by atoms with van der Waals surface area (Å²) in [6.07, 6.45) is 0. The molecule has 0 spiro atoms. The quantitative estimate of drug-likeness (QED) is 0.815. The number of aryl methyl sites for hydroxylation is 1. The smallest absolute Gasteiger partial charge is 0.253 e. The van der Waals surface area contributed by atoms with E-state index >= 15 is 0 Å². The molecule has 1 aromatic rings. The molecule has 1 fully saturated rings. The fourth-order valence-electron chi connectivity index (χ4n) is 1.86. The van der Waals surface area contributed by atoms with Gasteiger partial charge in [0, 0.05) is 13.1 Å². The molecule has 6 nitrogen and oxygen atoms in total. The average Bonchev–Trinajstić information content (AvgIpc) is 2.39. The van der Waals surface area contributed by atoms with Crippen LogP contribution in [-0.4, -0.2) is 44.8 Å². The zero-order valence-electron chi connectivity index (χ0n) is 10.8. The summed E-state index contributed by atoms with van der Waals surface area (Å²) >= 11 is 0. The van der Waals surface area contributed by atoms with E-state index in [0.29, 0.717) is 31.9 Å². The maximum atomic E-state index is 12.2. The summed E-state index contributed by atoms with van der Waals surface area (Å²) in [7, 11) is -3.60. The van der Waals surface area contributed by atoms with Crippen molar-refractivity contribution in [2.24, 2.45) is 0 Å². The standard InChI is InChI=1S/C12H18N2O4S/c1-10-2-3-12(8-11(10)9-15)19(16,17)13-14-4-6-18-7-5-14/h2-3,8,13,15H,4-7,9H2,1H3. The number of morpholine rings is 1. The predicted octanol–water partition coefficient (Wildman–Crippen LogP) is 0.0128. The first-order valence-electron chi connectivity index (χ1n) is 6.08. The first-order valence-corrected chi connectivity index (χ1v) is 7.57. The number of ether oxygens (including phenoxy) is 1. The van der Waals surface area contributed by atoms with Gasteiger partial charge in [-0.2, -0.15) is 0 Å². The summed E-state index contributed by atoms with van der Waals surface area (Å²) in [4.78, 5) is 2.69. The molecular weight excluding hydrogens is 268 g/mol. The van der Waals surface area contributed by atoms with E-state index in [9.17, 15) is 13.5 Å². The van der Waals surface area contributed by atoms with Gasteiger partial charge in [-0.25, -0.2) is 13.4 Å². The summed E-state index contributed by atoms with van der Waals surface area (Å²) < 4.78 is 29.6. The molecule has 0 radical (unpaired) electrons. The fourth-order valence-corrected chi connectivity index (χ4v) is 3.04. The molecular formula is C12H18N2O4S. The fraction of sp³-hybridized carbons (Fsp3) is 0.500. The van der Waals surface area contributed by atoms with Crippen LogP contribution in [0.3, 0.4) is 0 Å². The van der Waals surface area contributed by atoms with Gasteiger partial charge in [0.15, 0.2) is 0 Å². The molecule has 7 heteroatoms. The van der Waals surface area contributed by atoms with Crippen LogP contribution in [0.4, 0.5) is 0 Å². The molecule has 0 aromatic heterocycles. The van der Waals surface area contributed by atoms with E-state index in [1.807, 2.05) is 6.92 Å². The number of aliphatic hydroxyl groups excluding tert-OH is 1. The van der Waals surface area contributed by atoms with Gasteiger partial charge in [-0.3, -0.25) is 0 Å². The topological polar surface area (TPSA) is 78.9 Å². The van der Waals surface area contributed by atoms with E-state index in [-0.39, 0.29) is 11.5 Å². The summed E-state index contributed by atoms with van der Waals surface area (Å²) in [5.74, 6) is 0. The molecule has 1 aliphatic heterocycles. The minimum absolute atomic E-state index is 0.161. The van der Waals surface area contributed by atoms with E-state index in [4.69, 9.17) is 4.74 Å². The number of nitrogens with one attached hydrogen (secondary N) is 1. The second-order valence-electron chi connectivity index (χ2n) is 4.44. The van der Waals surface area contributed by atoms with Crippen LogP contribution in [0.2, 0.25) is 0 Å². The molecule has 1 saturated heterocycles. The SMILES string of the molecule is Cc1ccc(S(=O)(=O)NN2CCOCC2)cc1CO. The largest absolute Gasteiger partial charge is 0.392 e. The Labute approximate surface area is 113 Å². The summed E-state index contributed by atoms with van der Waals surface area (Å²) in [5, 5.41) is 10.8. The second kappa shape index (κ2) is 5.98. The van der Waals surface area contributed by atoms with E-state index < -0.39 is 10.0 Å². The first kappa shape index (κ1) is 14.4. The van der Waals surface area contributed by atoms with Gasteiger partial charge in [0.1, 0.15) is 0 Å². The summed E-state index contributed by atoms with van der Waals surface area (Å²) in [6, 6.07) is 4.73.